The highest BCUT2D eigenvalue weighted by molar-refractivity contribution is 5.93. The number of likely N-dealkylation sites (N-methyl/N-ethyl adjacent to an activating group) is 1. The van der Waals surface area contributed by atoms with Gasteiger partial charge in [-0.1, -0.05) is 12.8 Å². The van der Waals surface area contributed by atoms with Gasteiger partial charge >= 0.3 is 0 Å². The Balaban J connectivity index is 1.35. The number of anilines is 1. The van der Waals surface area contributed by atoms with Crippen molar-refractivity contribution in [2.45, 2.75) is 19.3 Å². The molecule has 1 fully saturated rings. The van der Waals surface area contributed by atoms with Crippen LogP contribution in [0.25, 0.3) is 5.65 Å². The normalized spacial score (nSPS) is 16.6. The maximum absolute atomic E-state index is 12.3. The van der Waals surface area contributed by atoms with Crippen LogP contribution in [0, 0.1) is 11.3 Å². The molecule has 4 rings (SSSR count). The number of fused-ring (bicyclic) bond motifs is 1. The Bertz CT molecular complexity index is 975. The van der Waals surface area contributed by atoms with Crippen molar-refractivity contribution in [2.24, 2.45) is 10.9 Å². The average Bonchev–Trinajstić information content (AvgIpc) is 3.42. The Hall–Kier alpha value is -3.43. The average molecular weight is 396 g/mol. The molecule has 10 nitrogen and oxygen atoms in total. The SMILES string of the molecule is CN1CC(C=N)=C(NCC(=O)Nc2ccn3ncnc3c2)N=C1OCCC1CC1. The zero-order valence-electron chi connectivity index (χ0n) is 16.3. The number of ether oxygens (including phenoxy) is 1. The van der Waals surface area contributed by atoms with E-state index < -0.39 is 0 Å². The molecule has 0 aromatic carbocycles. The second kappa shape index (κ2) is 8.29. The first kappa shape index (κ1) is 18.9. The molecule has 2 aromatic heterocycles. The molecule has 1 aliphatic heterocycles. The lowest BCUT2D eigenvalue weighted by Crippen LogP contribution is -2.38. The Morgan fingerprint density at radius 1 is 1.45 bits per heavy atom. The first-order chi connectivity index (χ1) is 14.1. The Morgan fingerprint density at radius 2 is 2.31 bits per heavy atom. The second-order valence-corrected chi connectivity index (χ2v) is 7.23. The number of nitrogens with one attached hydrogen (secondary N) is 3. The number of hydrogen-bond acceptors (Lipinski definition) is 8. The summed E-state index contributed by atoms with van der Waals surface area (Å²) in [5.74, 6) is 1.05. The lowest BCUT2D eigenvalue weighted by atomic mass is 10.2. The topological polar surface area (TPSA) is 120 Å². The molecule has 0 atom stereocenters. The number of hydrogen-bond donors (Lipinski definition) is 3. The van der Waals surface area contributed by atoms with Gasteiger partial charge in [-0.2, -0.15) is 10.1 Å². The number of carbonyl (C=O) groups excluding carboxylic acids is 1. The lowest BCUT2D eigenvalue weighted by molar-refractivity contribution is -0.115. The third-order valence-electron chi connectivity index (χ3n) is 4.85. The fourth-order valence-electron chi connectivity index (χ4n) is 3.05. The number of amides is 1. The molecule has 1 saturated carbocycles. The number of aliphatic imine (C=N–C) groups is 1. The van der Waals surface area contributed by atoms with E-state index in [1.165, 1.54) is 25.4 Å². The fraction of sp³-hybridized carbons (Fsp3) is 0.421. The summed E-state index contributed by atoms with van der Waals surface area (Å²) in [4.78, 5) is 22.8. The standard InChI is InChI=1S/C19H24N8O2/c1-26-11-14(9-20)18(25-19(26)29-7-5-13-2-3-13)21-10-17(28)24-15-4-6-27-16(8-15)22-12-23-27/h4,6,8-9,12-13,20-21H,2-3,5,7,10-11H2,1H3,(H,24,28). The number of aromatic nitrogens is 3. The number of rotatable bonds is 8. The minimum Gasteiger partial charge on any atom is -0.465 e. The zero-order chi connectivity index (χ0) is 20.2. The molecule has 0 radical (unpaired) electrons. The third-order valence-corrected chi connectivity index (χ3v) is 4.85. The van der Waals surface area contributed by atoms with Crippen molar-refractivity contribution in [3.8, 4) is 0 Å². The highest BCUT2D eigenvalue weighted by atomic mass is 16.5. The smallest absolute Gasteiger partial charge is 0.294 e. The van der Waals surface area contributed by atoms with Crippen LogP contribution >= 0.6 is 0 Å². The summed E-state index contributed by atoms with van der Waals surface area (Å²) in [5, 5.41) is 17.5. The van der Waals surface area contributed by atoms with Gasteiger partial charge in [0.1, 0.15) is 12.1 Å². The van der Waals surface area contributed by atoms with Crippen molar-refractivity contribution in [3.63, 3.8) is 0 Å². The van der Waals surface area contributed by atoms with E-state index in [-0.39, 0.29) is 12.5 Å². The maximum atomic E-state index is 12.3. The molecule has 2 aromatic rings. The fourth-order valence-corrected chi connectivity index (χ4v) is 3.05. The minimum absolute atomic E-state index is 0.0209. The predicted molar refractivity (Wildman–Crippen MR) is 109 cm³/mol. The Kier molecular flexibility index (Phi) is 5.41. The quantitative estimate of drug-likeness (QED) is 0.578. The summed E-state index contributed by atoms with van der Waals surface area (Å²) >= 11 is 0. The van der Waals surface area contributed by atoms with E-state index in [0.29, 0.717) is 41.9 Å². The van der Waals surface area contributed by atoms with Crippen LogP contribution < -0.4 is 10.6 Å². The van der Waals surface area contributed by atoms with Gasteiger partial charge in [-0.25, -0.2) is 9.50 Å². The van der Waals surface area contributed by atoms with Gasteiger partial charge in [0.25, 0.3) is 6.02 Å². The van der Waals surface area contributed by atoms with Gasteiger partial charge in [-0.15, -0.1) is 0 Å². The molecule has 3 N–H and O–H groups in total. The van der Waals surface area contributed by atoms with Crippen LogP contribution in [0.2, 0.25) is 0 Å². The first-order valence-corrected chi connectivity index (χ1v) is 9.62. The van der Waals surface area contributed by atoms with Crippen molar-refractivity contribution in [2.75, 3.05) is 32.1 Å². The number of amidine groups is 1. The highest BCUT2D eigenvalue weighted by Crippen LogP contribution is 2.32. The molecule has 29 heavy (non-hydrogen) atoms. The summed E-state index contributed by atoms with van der Waals surface area (Å²) in [5.41, 5.74) is 1.98. The summed E-state index contributed by atoms with van der Waals surface area (Å²) in [6.07, 6.45) is 8.05. The van der Waals surface area contributed by atoms with E-state index in [9.17, 15) is 4.79 Å². The first-order valence-electron chi connectivity index (χ1n) is 9.62. The molecular weight excluding hydrogens is 372 g/mol. The Labute approximate surface area is 168 Å². The van der Waals surface area contributed by atoms with Crippen LogP contribution in [0.15, 0.2) is 41.0 Å². The molecule has 3 heterocycles. The van der Waals surface area contributed by atoms with Gasteiger partial charge < -0.3 is 25.7 Å². The zero-order valence-corrected chi connectivity index (χ0v) is 16.3. The summed E-state index contributed by atoms with van der Waals surface area (Å²) in [7, 11) is 1.88. The van der Waals surface area contributed by atoms with Crippen LogP contribution in [0.1, 0.15) is 19.3 Å². The van der Waals surface area contributed by atoms with E-state index in [1.807, 2.05) is 11.9 Å². The largest absolute Gasteiger partial charge is 0.465 e. The van der Waals surface area contributed by atoms with E-state index in [0.717, 1.165) is 12.3 Å². The number of pyridine rings is 1. The monoisotopic (exact) mass is 396 g/mol. The van der Waals surface area contributed by atoms with Gasteiger partial charge in [0.05, 0.1) is 19.7 Å². The molecule has 0 spiro atoms. The van der Waals surface area contributed by atoms with E-state index in [2.05, 4.69) is 25.7 Å². The third kappa shape index (κ3) is 4.71. The molecule has 1 aliphatic carbocycles. The van der Waals surface area contributed by atoms with Crippen molar-refractivity contribution in [1.29, 1.82) is 5.41 Å². The second-order valence-electron chi connectivity index (χ2n) is 7.23. The van der Waals surface area contributed by atoms with Gasteiger partial charge in [0.15, 0.2) is 5.65 Å². The van der Waals surface area contributed by atoms with Gasteiger partial charge in [-0.3, -0.25) is 4.79 Å². The molecule has 2 aliphatic rings. The predicted octanol–water partition coefficient (Wildman–Crippen LogP) is 1.24. The van der Waals surface area contributed by atoms with Crippen molar-refractivity contribution >= 4 is 29.5 Å². The molecule has 0 saturated heterocycles. The summed E-state index contributed by atoms with van der Waals surface area (Å²) in [6.45, 7) is 1.15. The van der Waals surface area contributed by atoms with Crippen LogP contribution in [0.3, 0.4) is 0 Å². The van der Waals surface area contributed by atoms with Crippen LogP contribution in [0.4, 0.5) is 5.69 Å². The Morgan fingerprint density at radius 3 is 3.10 bits per heavy atom. The highest BCUT2D eigenvalue weighted by Gasteiger charge is 2.23. The van der Waals surface area contributed by atoms with Crippen LogP contribution in [-0.2, 0) is 9.53 Å². The van der Waals surface area contributed by atoms with Gasteiger partial charge in [0.2, 0.25) is 5.91 Å². The van der Waals surface area contributed by atoms with Crippen LogP contribution in [-0.4, -0.2) is 64.4 Å². The van der Waals surface area contributed by atoms with Crippen molar-refractivity contribution in [1.82, 2.24) is 24.8 Å². The van der Waals surface area contributed by atoms with Gasteiger partial charge in [-0.05, 0) is 18.4 Å². The van der Waals surface area contributed by atoms with Crippen molar-refractivity contribution in [3.05, 3.63) is 36.1 Å². The van der Waals surface area contributed by atoms with E-state index in [4.69, 9.17) is 10.1 Å². The number of nitrogens with zero attached hydrogens (tertiary/aromatic N) is 5. The molecule has 10 heteroatoms. The molecule has 0 unspecified atom stereocenters. The van der Waals surface area contributed by atoms with Crippen LogP contribution in [0.5, 0.6) is 0 Å². The minimum atomic E-state index is -0.226. The maximum Gasteiger partial charge on any atom is 0.294 e. The summed E-state index contributed by atoms with van der Waals surface area (Å²) < 4.78 is 7.43. The van der Waals surface area contributed by atoms with E-state index in [1.54, 1.807) is 22.8 Å². The van der Waals surface area contributed by atoms with Gasteiger partial charge in [0, 0.05) is 36.8 Å². The lowest BCUT2D eigenvalue weighted by Gasteiger charge is -2.27. The molecule has 0 bridgehead atoms. The molecular formula is C19H24N8O2. The summed E-state index contributed by atoms with van der Waals surface area (Å²) in [6, 6.07) is 4.00. The molecule has 1 amide bonds. The van der Waals surface area contributed by atoms with E-state index >= 15 is 0 Å². The molecule has 152 valence electrons. The van der Waals surface area contributed by atoms with Crippen molar-refractivity contribution < 1.29 is 9.53 Å². The number of carbonyl (C=O) groups is 1.